The maximum Gasteiger partial charge on any atom is 0.154 e. The minimum absolute atomic E-state index is 0.0261. The Morgan fingerprint density at radius 3 is 2.91 bits per heavy atom. The van der Waals surface area contributed by atoms with Crippen LogP contribution in [0.4, 0.5) is 0 Å². The number of carbonyl (C=O) groups excluding carboxylic acids is 1. The van der Waals surface area contributed by atoms with Gasteiger partial charge < -0.3 is 0 Å². The maximum atomic E-state index is 10.5. The van der Waals surface area contributed by atoms with Gasteiger partial charge in [-0.15, -0.1) is 0 Å². The van der Waals surface area contributed by atoms with Gasteiger partial charge in [0.25, 0.3) is 0 Å². The lowest BCUT2D eigenvalue weighted by Gasteiger charge is -1.86. The van der Waals surface area contributed by atoms with Crippen LogP contribution in [-0.4, -0.2) is 15.6 Å². The molecule has 0 aliphatic rings. The average Bonchev–Trinajstić information content (AvgIpc) is 2.31. The molecule has 0 spiro atoms. The van der Waals surface area contributed by atoms with Crippen molar-refractivity contribution in [2.45, 2.75) is 13.8 Å². The number of allylic oxidation sites excluding steroid dienone is 1. The molecule has 1 aromatic rings. The molecule has 0 fully saturated rings. The molecule has 1 heterocycles. The molecule has 11 heavy (non-hydrogen) atoms. The van der Waals surface area contributed by atoms with E-state index in [0.29, 0.717) is 0 Å². The summed E-state index contributed by atoms with van der Waals surface area (Å²) in [5, 5.41) is 4.06. The molecule has 0 N–H and O–H groups in total. The molecule has 0 aliphatic carbocycles. The number of hydrogen-bond donors (Lipinski definition) is 0. The fraction of sp³-hybridized carbons (Fsp3) is 0.250. The molecule has 0 unspecified atom stereocenters. The third-order valence-corrected chi connectivity index (χ3v) is 1.20. The van der Waals surface area contributed by atoms with Crippen molar-refractivity contribution in [1.29, 1.82) is 0 Å². The summed E-state index contributed by atoms with van der Waals surface area (Å²) in [5.74, 6) is 0.0261. The highest BCUT2D eigenvalue weighted by Gasteiger charge is 1.88. The van der Waals surface area contributed by atoms with Crippen molar-refractivity contribution < 1.29 is 4.79 Å². The van der Waals surface area contributed by atoms with Crippen LogP contribution in [0.2, 0.25) is 0 Å². The van der Waals surface area contributed by atoms with E-state index in [1.165, 1.54) is 13.0 Å². The largest absolute Gasteiger partial charge is 0.295 e. The zero-order valence-corrected chi connectivity index (χ0v) is 6.61. The summed E-state index contributed by atoms with van der Waals surface area (Å²) in [6.45, 7) is 3.41. The molecule has 0 bridgehead atoms. The third kappa shape index (κ3) is 2.37. The molecular weight excluding hydrogens is 140 g/mol. The Labute approximate surface area is 65.3 Å². The number of nitrogens with zero attached hydrogens (tertiary/aromatic N) is 2. The predicted molar refractivity (Wildman–Crippen MR) is 43.0 cm³/mol. The van der Waals surface area contributed by atoms with Crippen molar-refractivity contribution in [3.63, 3.8) is 0 Å². The summed E-state index contributed by atoms with van der Waals surface area (Å²) in [6.07, 6.45) is 4.91. The summed E-state index contributed by atoms with van der Waals surface area (Å²) in [6, 6.07) is 1.88. The predicted octanol–water partition coefficient (Wildman–Crippen LogP) is 1.25. The minimum Gasteiger partial charge on any atom is -0.295 e. The van der Waals surface area contributed by atoms with E-state index in [-0.39, 0.29) is 5.78 Å². The normalized spacial score (nSPS) is 10.7. The molecule has 0 saturated heterocycles. The quantitative estimate of drug-likeness (QED) is 0.595. The van der Waals surface area contributed by atoms with Crippen LogP contribution < -0.4 is 0 Å². The van der Waals surface area contributed by atoms with E-state index in [1.807, 2.05) is 13.0 Å². The number of carbonyl (C=O) groups is 1. The highest BCUT2D eigenvalue weighted by molar-refractivity contribution is 5.89. The second-order valence-electron chi connectivity index (χ2n) is 2.36. The van der Waals surface area contributed by atoms with E-state index in [0.717, 1.165) is 5.69 Å². The van der Waals surface area contributed by atoms with Crippen LogP contribution in [0.5, 0.6) is 0 Å². The lowest BCUT2D eigenvalue weighted by molar-refractivity contribution is -0.112. The smallest absolute Gasteiger partial charge is 0.154 e. The van der Waals surface area contributed by atoms with E-state index in [1.54, 1.807) is 17.1 Å². The van der Waals surface area contributed by atoms with Gasteiger partial charge in [-0.3, -0.25) is 4.79 Å². The van der Waals surface area contributed by atoms with Crippen molar-refractivity contribution in [2.24, 2.45) is 0 Å². The fourth-order valence-corrected chi connectivity index (χ4v) is 0.697. The van der Waals surface area contributed by atoms with Crippen LogP contribution in [0.3, 0.4) is 0 Å². The molecule has 1 rings (SSSR count). The Morgan fingerprint density at radius 1 is 1.73 bits per heavy atom. The lowest BCUT2D eigenvalue weighted by Crippen LogP contribution is -1.89. The topological polar surface area (TPSA) is 34.9 Å². The number of aryl methyl sites for hydroxylation is 1. The molecule has 3 nitrogen and oxygen atoms in total. The average molecular weight is 150 g/mol. The van der Waals surface area contributed by atoms with Crippen LogP contribution in [0.25, 0.3) is 6.20 Å². The van der Waals surface area contributed by atoms with Crippen LogP contribution in [0.15, 0.2) is 18.3 Å². The van der Waals surface area contributed by atoms with Gasteiger partial charge in [0.15, 0.2) is 5.78 Å². The number of aromatic nitrogens is 2. The molecule has 0 radical (unpaired) electrons. The Morgan fingerprint density at radius 2 is 2.45 bits per heavy atom. The molecule has 0 saturated carbocycles. The van der Waals surface area contributed by atoms with Crippen molar-refractivity contribution in [3.05, 3.63) is 24.0 Å². The first-order valence-corrected chi connectivity index (χ1v) is 3.39. The zero-order valence-electron chi connectivity index (χ0n) is 6.61. The molecule has 0 atom stereocenters. The standard InChI is InChI=1S/C8H10N2O/c1-7-3-5-10(9-7)6-4-8(2)11/h3-6H,1-2H3/b6-4+. The maximum absolute atomic E-state index is 10.5. The summed E-state index contributed by atoms with van der Waals surface area (Å²) in [4.78, 5) is 10.5. The van der Waals surface area contributed by atoms with E-state index in [2.05, 4.69) is 5.10 Å². The second kappa shape index (κ2) is 3.14. The van der Waals surface area contributed by atoms with Crippen molar-refractivity contribution in [1.82, 2.24) is 9.78 Å². The first kappa shape index (κ1) is 7.72. The SMILES string of the molecule is CC(=O)/C=C/n1ccc(C)n1. The van der Waals surface area contributed by atoms with E-state index < -0.39 is 0 Å². The Hall–Kier alpha value is -1.38. The van der Waals surface area contributed by atoms with Gasteiger partial charge in [-0.1, -0.05) is 0 Å². The molecular formula is C8H10N2O. The molecule has 3 heteroatoms. The van der Waals surface area contributed by atoms with Gasteiger partial charge in [0.2, 0.25) is 0 Å². The highest BCUT2D eigenvalue weighted by Crippen LogP contribution is 1.92. The molecule has 0 aliphatic heterocycles. The van der Waals surface area contributed by atoms with Crippen molar-refractivity contribution >= 4 is 12.0 Å². The van der Waals surface area contributed by atoms with E-state index >= 15 is 0 Å². The van der Waals surface area contributed by atoms with Gasteiger partial charge >= 0.3 is 0 Å². The molecule has 58 valence electrons. The van der Waals surface area contributed by atoms with Gasteiger partial charge in [-0.05, 0) is 26.0 Å². The summed E-state index contributed by atoms with van der Waals surface area (Å²) in [5.41, 5.74) is 0.943. The molecule has 0 amide bonds. The third-order valence-electron chi connectivity index (χ3n) is 1.20. The van der Waals surface area contributed by atoms with Crippen LogP contribution in [-0.2, 0) is 4.79 Å². The van der Waals surface area contributed by atoms with Gasteiger partial charge in [0.1, 0.15) is 0 Å². The number of ketones is 1. The van der Waals surface area contributed by atoms with Crippen molar-refractivity contribution in [3.8, 4) is 0 Å². The van der Waals surface area contributed by atoms with Gasteiger partial charge in [-0.2, -0.15) is 5.10 Å². The first-order valence-electron chi connectivity index (χ1n) is 3.39. The Kier molecular flexibility index (Phi) is 2.21. The van der Waals surface area contributed by atoms with Gasteiger partial charge in [0.05, 0.1) is 5.69 Å². The molecule has 0 aromatic carbocycles. The van der Waals surface area contributed by atoms with Gasteiger partial charge in [-0.25, -0.2) is 4.68 Å². The monoisotopic (exact) mass is 150 g/mol. The van der Waals surface area contributed by atoms with Crippen LogP contribution in [0.1, 0.15) is 12.6 Å². The lowest BCUT2D eigenvalue weighted by atomic mass is 10.4. The Balaban J connectivity index is 2.71. The minimum atomic E-state index is 0.0261. The van der Waals surface area contributed by atoms with Crippen LogP contribution in [0, 0.1) is 6.92 Å². The highest BCUT2D eigenvalue weighted by atomic mass is 16.1. The zero-order chi connectivity index (χ0) is 8.27. The summed E-state index contributed by atoms with van der Waals surface area (Å²) < 4.78 is 1.61. The van der Waals surface area contributed by atoms with Crippen LogP contribution >= 0.6 is 0 Å². The summed E-state index contributed by atoms with van der Waals surface area (Å²) >= 11 is 0. The first-order chi connectivity index (χ1) is 5.18. The summed E-state index contributed by atoms with van der Waals surface area (Å²) in [7, 11) is 0. The fourth-order valence-electron chi connectivity index (χ4n) is 0.697. The number of hydrogen-bond acceptors (Lipinski definition) is 2. The van der Waals surface area contributed by atoms with E-state index in [9.17, 15) is 4.79 Å². The van der Waals surface area contributed by atoms with Gasteiger partial charge in [0, 0.05) is 12.4 Å². The van der Waals surface area contributed by atoms with E-state index in [4.69, 9.17) is 0 Å². The second-order valence-corrected chi connectivity index (χ2v) is 2.36. The van der Waals surface area contributed by atoms with Crippen molar-refractivity contribution in [2.75, 3.05) is 0 Å². The number of rotatable bonds is 2. The molecule has 1 aromatic heterocycles. The Bertz CT molecular complexity index is 286.